The molecule has 1 atom stereocenters. The van der Waals surface area contributed by atoms with Crippen LogP contribution in [-0.4, -0.2) is 15.0 Å². The second-order valence-electron chi connectivity index (χ2n) is 5.16. The number of aryl methyl sites for hydroxylation is 1. The highest BCUT2D eigenvalue weighted by Crippen LogP contribution is 2.35. The highest BCUT2D eigenvalue weighted by Gasteiger charge is 2.23. The molecule has 94 valence electrons. The third-order valence-electron chi connectivity index (χ3n) is 4.00. The smallest absolute Gasteiger partial charge is 0.114 e. The van der Waals surface area contributed by atoms with Crippen molar-refractivity contribution >= 4 is 11.0 Å². The zero-order valence-electron chi connectivity index (χ0n) is 10.6. The lowest BCUT2D eigenvalue weighted by atomic mass is 9.82. The van der Waals surface area contributed by atoms with Crippen LogP contribution in [0.25, 0.3) is 11.0 Å². The summed E-state index contributed by atoms with van der Waals surface area (Å²) in [6.45, 7) is 0. The van der Waals surface area contributed by atoms with Crippen LogP contribution < -0.4 is 0 Å². The van der Waals surface area contributed by atoms with Gasteiger partial charge in [-0.15, -0.1) is 0 Å². The molecule has 0 spiro atoms. The summed E-state index contributed by atoms with van der Waals surface area (Å²) in [5, 5.41) is 0. The van der Waals surface area contributed by atoms with Crippen LogP contribution in [0, 0.1) is 0 Å². The molecule has 0 amide bonds. The molecule has 1 aromatic carbocycles. The van der Waals surface area contributed by atoms with E-state index < -0.39 is 0 Å². The Balaban J connectivity index is 1.85. The standard InChI is InChI=1S/C16H15N3/c1-2-6-12-11(4-1)5-3-7-13(12)16-18-14-8-9-17-10-15(14)19-16/h1-2,4,6,8-10,13H,3,5,7H2,(H,18,19). The van der Waals surface area contributed by atoms with Gasteiger partial charge in [-0.05, 0) is 36.5 Å². The Bertz CT molecular complexity index is 696. The van der Waals surface area contributed by atoms with E-state index in [4.69, 9.17) is 4.98 Å². The lowest BCUT2D eigenvalue weighted by Gasteiger charge is -2.23. The maximum atomic E-state index is 4.74. The van der Waals surface area contributed by atoms with Crippen LogP contribution in [0.2, 0.25) is 0 Å². The topological polar surface area (TPSA) is 41.6 Å². The zero-order chi connectivity index (χ0) is 12.7. The SMILES string of the molecule is c1ccc2c(c1)CCCC2c1nc2ccncc2[nH]1. The lowest BCUT2D eigenvalue weighted by Crippen LogP contribution is -2.12. The molecule has 3 aromatic rings. The van der Waals surface area contributed by atoms with E-state index in [9.17, 15) is 0 Å². The van der Waals surface area contributed by atoms with Crippen molar-refractivity contribution in [3.63, 3.8) is 0 Å². The summed E-state index contributed by atoms with van der Waals surface area (Å²) in [4.78, 5) is 12.3. The van der Waals surface area contributed by atoms with Crippen LogP contribution in [0.4, 0.5) is 0 Å². The minimum absolute atomic E-state index is 0.400. The summed E-state index contributed by atoms with van der Waals surface area (Å²) in [6, 6.07) is 10.7. The lowest BCUT2D eigenvalue weighted by molar-refractivity contribution is 0.596. The van der Waals surface area contributed by atoms with Gasteiger partial charge < -0.3 is 4.98 Å². The molecule has 3 nitrogen and oxygen atoms in total. The van der Waals surface area contributed by atoms with Crippen molar-refractivity contribution in [1.82, 2.24) is 15.0 Å². The predicted molar refractivity (Wildman–Crippen MR) is 75.1 cm³/mol. The van der Waals surface area contributed by atoms with Gasteiger partial charge in [-0.1, -0.05) is 24.3 Å². The fraction of sp³-hybridized carbons (Fsp3) is 0.250. The molecular formula is C16H15N3. The number of nitrogens with zero attached hydrogens (tertiary/aromatic N) is 2. The van der Waals surface area contributed by atoms with Gasteiger partial charge in [0.05, 0.1) is 17.2 Å². The van der Waals surface area contributed by atoms with Crippen LogP contribution in [0.1, 0.15) is 35.7 Å². The van der Waals surface area contributed by atoms with E-state index in [1.54, 1.807) is 6.20 Å². The van der Waals surface area contributed by atoms with Crippen LogP contribution in [0.5, 0.6) is 0 Å². The number of benzene rings is 1. The molecule has 0 radical (unpaired) electrons. The molecular weight excluding hydrogens is 234 g/mol. The Morgan fingerprint density at radius 3 is 3.05 bits per heavy atom. The second kappa shape index (κ2) is 4.19. The van der Waals surface area contributed by atoms with E-state index in [0.29, 0.717) is 5.92 Å². The van der Waals surface area contributed by atoms with Crippen molar-refractivity contribution in [2.45, 2.75) is 25.2 Å². The highest BCUT2D eigenvalue weighted by atomic mass is 14.9. The predicted octanol–water partition coefficient (Wildman–Crippen LogP) is 3.43. The molecule has 1 N–H and O–H groups in total. The van der Waals surface area contributed by atoms with Crippen LogP contribution in [0.15, 0.2) is 42.7 Å². The summed E-state index contributed by atoms with van der Waals surface area (Å²) < 4.78 is 0. The van der Waals surface area contributed by atoms with E-state index in [1.165, 1.54) is 30.4 Å². The first-order valence-electron chi connectivity index (χ1n) is 6.79. The van der Waals surface area contributed by atoms with Gasteiger partial charge >= 0.3 is 0 Å². The van der Waals surface area contributed by atoms with Crippen LogP contribution in [0.3, 0.4) is 0 Å². The number of fused-ring (bicyclic) bond motifs is 2. The van der Waals surface area contributed by atoms with E-state index in [0.717, 1.165) is 16.9 Å². The average Bonchev–Trinajstić information content (AvgIpc) is 2.90. The van der Waals surface area contributed by atoms with E-state index in [1.807, 2.05) is 12.3 Å². The molecule has 0 saturated heterocycles. The molecule has 3 heteroatoms. The molecule has 0 saturated carbocycles. The van der Waals surface area contributed by atoms with Crippen LogP contribution in [-0.2, 0) is 6.42 Å². The fourth-order valence-corrected chi connectivity index (χ4v) is 3.08. The van der Waals surface area contributed by atoms with Gasteiger partial charge in [-0.2, -0.15) is 0 Å². The number of hydrogen-bond acceptors (Lipinski definition) is 2. The van der Waals surface area contributed by atoms with Crippen molar-refractivity contribution in [2.24, 2.45) is 0 Å². The Kier molecular flexibility index (Phi) is 2.37. The van der Waals surface area contributed by atoms with Crippen molar-refractivity contribution in [3.05, 3.63) is 59.7 Å². The molecule has 1 unspecified atom stereocenters. The third kappa shape index (κ3) is 1.73. The summed E-state index contributed by atoms with van der Waals surface area (Å²) in [5.74, 6) is 1.48. The molecule has 0 aliphatic heterocycles. The number of pyridine rings is 1. The molecule has 19 heavy (non-hydrogen) atoms. The van der Waals surface area contributed by atoms with Gasteiger partial charge in [0.1, 0.15) is 5.82 Å². The Morgan fingerprint density at radius 2 is 2.11 bits per heavy atom. The Labute approximate surface area is 111 Å². The van der Waals surface area contributed by atoms with E-state index in [-0.39, 0.29) is 0 Å². The number of hydrogen-bond donors (Lipinski definition) is 1. The molecule has 4 rings (SSSR count). The Morgan fingerprint density at radius 1 is 1.16 bits per heavy atom. The minimum atomic E-state index is 0.400. The Hall–Kier alpha value is -2.16. The molecule has 0 fully saturated rings. The van der Waals surface area contributed by atoms with Crippen molar-refractivity contribution < 1.29 is 0 Å². The highest BCUT2D eigenvalue weighted by molar-refractivity contribution is 5.73. The van der Waals surface area contributed by atoms with Gasteiger partial charge in [0.2, 0.25) is 0 Å². The molecule has 2 aromatic heterocycles. The maximum Gasteiger partial charge on any atom is 0.114 e. The second-order valence-corrected chi connectivity index (χ2v) is 5.16. The van der Waals surface area contributed by atoms with Gasteiger partial charge in [0.25, 0.3) is 0 Å². The largest absolute Gasteiger partial charge is 0.340 e. The first-order chi connectivity index (χ1) is 9.42. The van der Waals surface area contributed by atoms with Gasteiger partial charge in [-0.3, -0.25) is 4.98 Å². The van der Waals surface area contributed by atoms with Crippen molar-refractivity contribution in [2.75, 3.05) is 0 Å². The van der Waals surface area contributed by atoms with Crippen molar-refractivity contribution in [1.29, 1.82) is 0 Å². The van der Waals surface area contributed by atoms with E-state index in [2.05, 4.69) is 34.2 Å². The molecule has 0 bridgehead atoms. The molecule has 1 aliphatic rings. The third-order valence-corrected chi connectivity index (χ3v) is 4.00. The number of rotatable bonds is 1. The summed E-state index contributed by atoms with van der Waals surface area (Å²) in [7, 11) is 0. The normalized spacial score (nSPS) is 18.4. The number of aromatic amines is 1. The summed E-state index contributed by atoms with van der Waals surface area (Å²) >= 11 is 0. The first kappa shape index (κ1) is 10.7. The number of imidazole rings is 1. The first-order valence-corrected chi connectivity index (χ1v) is 6.79. The van der Waals surface area contributed by atoms with Gasteiger partial charge in [0, 0.05) is 12.1 Å². The fourth-order valence-electron chi connectivity index (χ4n) is 3.08. The van der Waals surface area contributed by atoms with Crippen molar-refractivity contribution in [3.8, 4) is 0 Å². The summed E-state index contributed by atoms with van der Waals surface area (Å²) in [5.41, 5.74) is 4.94. The average molecular weight is 249 g/mol. The molecule has 2 heterocycles. The van der Waals surface area contributed by atoms with E-state index >= 15 is 0 Å². The quantitative estimate of drug-likeness (QED) is 0.718. The van der Waals surface area contributed by atoms with Crippen LogP contribution >= 0.6 is 0 Å². The minimum Gasteiger partial charge on any atom is -0.340 e. The maximum absolute atomic E-state index is 4.74. The monoisotopic (exact) mass is 249 g/mol. The summed E-state index contributed by atoms with van der Waals surface area (Å²) in [6.07, 6.45) is 7.23. The van der Waals surface area contributed by atoms with Gasteiger partial charge in [0.15, 0.2) is 0 Å². The zero-order valence-corrected chi connectivity index (χ0v) is 10.6. The number of aromatic nitrogens is 3. The number of nitrogens with one attached hydrogen (secondary N) is 1. The van der Waals surface area contributed by atoms with Gasteiger partial charge in [-0.25, -0.2) is 4.98 Å². The number of H-pyrrole nitrogens is 1. The molecule has 1 aliphatic carbocycles.